The van der Waals surface area contributed by atoms with Gasteiger partial charge in [0, 0.05) is 11.6 Å². The van der Waals surface area contributed by atoms with E-state index in [1.165, 1.54) is 19.4 Å². The molecule has 0 bridgehead atoms. The number of hydrazone groups is 1. The standard InChI is InChI=1S/C10H10F3N3O2S/c1-17-8-4-7(18-10(11,12)13)3-2-6(8)5-15-16-9(14)19/h2-5H,1H3,(H3,14,16,19). The molecule has 5 nitrogen and oxygen atoms in total. The minimum Gasteiger partial charge on any atom is -0.496 e. The van der Waals surface area contributed by atoms with Crippen molar-refractivity contribution in [3.63, 3.8) is 0 Å². The first kappa shape index (κ1) is 15.0. The van der Waals surface area contributed by atoms with E-state index in [-0.39, 0.29) is 16.6 Å². The SMILES string of the molecule is COc1cc(OC(F)(F)F)ccc1C=NNC(N)=S. The first-order valence-corrected chi connectivity index (χ1v) is 5.25. The maximum Gasteiger partial charge on any atom is 0.573 e. The Morgan fingerprint density at radius 3 is 2.68 bits per heavy atom. The summed E-state index contributed by atoms with van der Waals surface area (Å²) < 4.78 is 44.8. The molecule has 104 valence electrons. The zero-order valence-corrected chi connectivity index (χ0v) is 10.5. The largest absolute Gasteiger partial charge is 0.573 e. The van der Waals surface area contributed by atoms with Gasteiger partial charge < -0.3 is 15.2 Å². The third kappa shape index (κ3) is 5.42. The Morgan fingerprint density at radius 2 is 2.16 bits per heavy atom. The van der Waals surface area contributed by atoms with E-state index in [0.29, 0.717) is 5.56 Å². The van der Waals surface area contributed by atoms with Gasteiger partial charge in [-0.05, 0) is 24.4 Å². The summed E-state index contributed by atoms with van der Waals surface area (Å²) in [6.45, 7) is 0. The predicted octanol–water partition coefficient (Wildman–Crippen LogP) is 1.76. The molecule has 3 N–H and O–H groups in total. The van der Waals surface area contributed by atoms with Crippen LogP contribution in [-0.4, -0.2) is 24.8 Å². The van der Waals surface area contributed by atoms with Crippen molar-refractivity contribution in [2.24, 2.45) is 10.8 Å². The van der Waals surface area contributed by atoms with Gasteiger partial charge in [0.05, 0.1) is 13.3 Å². The molecule has 1 aromatic carbocycles. The van der Waals surface area contributed by atoms with Crippen molar-refractivity contribution < 1.29 is 22.6 Å². The number of hydrogen-bond donors (Lipinski definition) is 2. The Bertz CT molecular complexity index is 491. The highest BCUT2D eigenvalue weighted by Crippen LogP contribution is 2.28. The van der Waals surface area contributed by atoms with Crippen LogP contribution in [0.3, 0.4) is 0 Å². The van der Waals surface area contributed by atoms with Crippen molar-refractivity contribution in [2.75, 3.05) is 7.11 Å². The molecule has 0 aliphatic rings. The van der Waals surface area contributed by atoms with Crippen LogP contribution in [0.4, 0.5) is 13.2 Å². The smallest absolute Gasteiger partial charge is 0.496 e. The number of thiocarbonyl (C=S) groups is 1. The van der Waals surface area contributed by atoms with E-state index in [0.717, 1.165) is 12.1 Å². The Kier molecular flexibility index (Phi) is 4.93. The molecule has 1 aromatic rings. The predicted molar refractivity (Wildman–Crippen MR) is 67.2 cm³/mol. The van der Waals surface area contributed by atoms with Crippen LogP contribution >= 0.6 is 12.2 Å². The van der Waals surface area contributed by atoms with E-state index < -0.39 is 6.36 Å². The lowest BCUT2D eigenvalue weighted by Gasteiger charge is -2.11. The van der Waals surface area contributed by atoms with Gasteiger partial charge >= 0.3 is 6.36 Å². The summed E-state index contributed by atoms with van der Waals surface area (Å²) in [6.07, 6.45) is -3.46. The summed E-state index contributed by atoms with van der Waals surface area (Å²) in [7, 11) is 1.31. The van der Waals surface area contributed by atoms with Crippen LogP contribution in [0.1, 0.15) is 5.56 Å². The Balaban J connectivity index is 2.90. The van der Waals surface area contributed by atoms with Crippen LogP contribution in [-0.2, 0) is 0 Å². The Labute approximate surface area is 112 Å². The minimum absolute atomic E-state index is 0.0350. The zero-order chi connectivity index (χ0) is 14.5. The molecule has 9 heteroatoms. The first-order valence-electron chi connectivity index (χ1n) is 4.84. The van der Waals surface area contributed by atoms with Gasteiger partial charge in [0.1, 0.15) is 11.5 Å². The fourth-order valence-corrected chi connectivity index (χ4v) is 1.21. The van der Waals surface area contributed by atoms with Crippen LogP contribution < -0.4 is 20.6 Å². The molecule has 19 heavy (non-hydrogen) atoms. The molecule has 1 rings (SSSR count). The van der Waals surface area contributed by atoms with Crippen molar-refractivity contribution in [2.45, 2.75) is 6.36 Å². The third-order valence-corrected chi connectivity index (χ3v) is 1.91. The summed E-state index contributed by atoms with van der Waals surface area (Å²) in [5, 5.41) is 3.63. The summed E-state index contributed by atoms with van der Waals surface area (Å²) in [4.78, 5) is 0. The fraction of sp³-hybridized carbons (Fsp3) is 0.200. The second-order valence-corrected chi connectivity index (χ2v) is 3.63. The van der Waals surface area contributed by atoms with Gasteiger partial charge in [0.25, 0.3) is 0 Å². The number of halogens is 3. The third-order valence-electron chi connectivity index (χ3n) is 1.82. The molecule has 0 aliphatic heterocycles. The highest BCUT2D eigenvalue weighted by molar-refractivity contribution is 7.80. The number of ether oxygens (including phenoxy) is 2. The van der Waals surface area contributed by atoms with Crippen molar-refractivity contribution in [3.05, 3.63) is 23.8 Å². The number of alkyl halides is 3. The van der Waals surface area contributed by atoms with Gasteiger partial charge in [-0.3, -0.25) is 5.43 Å². The van der Waals surface area contributed by atoms with Crippen molar-refractivity contribution in [1.82, 2.24) is 5.43 Å². The lowest BCUT2D eigenvalue weighted by molar-refractivity contribution is -0.274. The van der Waals surface area contributed by atoms with Crippen LogP contribution in [0.5, 0.6) is 11.5 Å². The van der Waals surface area contributed by atoms with E-state index in [1.807, 2.05) is 0 Å². The van der Waals surface area contributed by atoms with Crippen LogP contribution in [0.15, 0.2) is 23.3 Å². The molecule has 0 spiro atoms. The molecule has 0 heterocycles. The van der Waals surface area contributed by atoms with Crippen molar-refractivity contribution >= 4 is 23.5 Å². The molecule has 0 saturated heterocycles. The second kappa shape index (κ2) is 6.23. The van der Waals surface area contributed by atoms with E-state index in [9.17, 15) is 13.2 Å². The summed E-state index contributed by atoms with van der Waals surface area (Å²) >= 11 is 4.53. The molecule has 0 aliphatic carbocycles. The zero-order valence-electron chi connectivity index (χ0n) is 9.69. The number of hydrogen-bond acceptors (Lipinski definition) is 4. The molecule has 0 atom stereocenters. The number of nitrogens with zero attached hydrogens (tertiary/aromatic N) is 1. The van der Waals surface area contributed by atoms with E-state index in [2.05, 4.69) is 27.5 Å². The van der Waals surface area contributed by atoms with Gasteiger partial charge in [-0.25, -0.2) is 0 Å². The topological polar surface area (TPSA) is 68.9 Å². The lowest BCUT2D eigenvalue weighted by Crippen LogP contribution is -2.24. The lowest BCUT2D eigenvalue weighted by atomic mass is 10.2. The normalized spacial score (nSPS) is 11.4. The van der Waals surface area contributed by atoms with Gasteiger partial charge in [0.2, 0.25) is 0 Å². The number of nitrogens with one attached hydrogen (secondary N) is 1. The minimum atomic E-state index is -4.76. The first-order chi connectivity index (χ1) is 8.81. The second-order valence-electron chi connectivity index (χ2n) is 3.19. The Hall–Kier alpha value is -2.03. The molecule has 0 radical (unpaired) electrons. The number of methoxy groups -OCH3 is 1. The van der Waals surface area contributed by atoms with Gasteiger partial charge in [-0.1, -0.05) is 0 Å². The Morgan fingerprint density at radius 1 is 1.47 bits per heavy atom. The van der Waals surface area contributed by atoms with Crippen LogP contribution in [0.25, 0.3) is 0 Å². The van der Waals surface area contributed by atoms with Gasteiger partial charge in [0.15, 0.2) is 5.11 Å². The number of rotatable bonds is 4. The quantitative estimate of drug-likeness (QED) is 0.503. The highest BCUT2D eigenvalue weighted by atomic mass is 32.1. The monoisotopic (exact) mass is 293 g/mol. The van der Waals surface area contributed by atoms with Crippen LogP contribution in [0.2, 0.25) is 0 Å². The average molecular weight is 293 g/mol. The molecule has 0 amide bonds. The molecular weight excluding hydrogens is 283 g/mol. The summed E-state index contributed by atoms with van der Waals surface area (Å²) in [6, 6.07) is 3.58. The molecular formula is C10H10F3N3O2S. The number of benzene rings is 1. The molecule has 0 saturated carbocycles. The number of nitrogens with two attached hydrogens (primary N) is 1. The highest BCUT2D eigenvalue weighted by Gasteiger charge is 2.31. The maximum atomic E-state index is 12.0. The van der Waals surface area contributed by atoms with Gasteiger partial charge in [-0.15, -0.1) is 13.2 Å². The van der Waals surface area contributed by atoms with E-state index in [1.54, 1.807) is 0 Å². The average Bonchev–Trinajstić information content (AvgIpc) is 2.28. The summed E-state index contributed by atoms with van der Waals surface area (Å²) in [5.74, 6) is -0.223. The van der Waals surface area contributed by atoms with E-state index in [4.69, 9.17) is 10.5 Å². The van der Waals surface area contributed by atoms with Crippen molar-refractivity contribution in [1.29, 1.82) is 0 Å². The van der Waals surface area contributed by atoms with Crippen LogP contribution in [0, 0.1) is 0 Å². The molecule has 0 fully saturated rings. The molecule has 0 aromatic heterocycles. The van der Waals surface area contributed by atoms with Crippen molar-refractivity contribution in [3.8, 4) is 11.5 Å². The van der Waals surface area contributed by atoms with E-state index >= 15 is 0 Å². The molecule has 0 unspecified atom stereocenters. The maximum absolute atomic E-state index is 12.0. The fourth-order valence-electron chi connectivity index (χ4n) is 1.16. The van der Waals surface area contributed by atoms with Gasteiger partial charge in [-0.2, -0.15) is 5.10 Å². The summed E-state index contributed by atoms with van der Waals surface area (Å²) in [5.41, 5.74) is 7.89.